The van der Waals surface area contributed by atoms with Crippen LogP contribution in [-0.2, 0) is 0 Å². The van der Waals surface area contributed by atoms with Crippen molar-refractivity contribution in [1.29, 1.82) is 0 Å². The van der Waals surface area contributed by atoms with Crippen LogP contribution in [0.5, 0.6) is 0 Å². The average molecular weight is 149 g/mol. The predicted octanol–water partition coefficient (Wildman–Crippen LogP) is 2.94. The second kappa shape index (κ2) is 2.68. The quantitative estimate of drug-likeness (QED) is 0.397. The molecule has 10 heavy (non-hydrogen) atoms. The molecule has 4 heteroatoms. The van der Waals surface area contributed by atoms with Gasteiger partial charge < -0.3 is 12.9 Å². The highest BCUT2D eigenvalue weighted by Gasteiger charge is 2.32. The van der Waals surface area contributed by atoms with E-state index in [9.17, 15) is 12.9 Å². The summed E-state index contributed by atoms with van der Waals surface area (Å²) in [5, 5.41) is 0. The second-order valence-corrected chi connectivity index (χ2v) is 2.65. The fourth-order valence-corrected chi connectivity index (χ4v) is 1.15. The first-order valence-corrected chi connectivity index (χ1v) is 3.47. The predicted molar refractivity (Wildman–Crippen MR) is 35.8 cm³/mol. The van der Waals surface area contributed by atoms with E-state index in [4.69, 9.17) is 0 Å². The second-order valence-electron chi connectivity index (χ2n) is 2.65. The van der Waals surface area contributed by atoms with Crippen molar-refractivity contribution in [2.75, 3.05) is 0 Å². The normalized spacial score (nSPS) is 26.9. The van der Waals surface area contributed by atoms with Gasteiger partial charge >= 0.3 is 6.98 Å². The van der Waals surface area contributed by atoms with Crippen LogP contribution in [0, 0.1) is 0 Å². The highest BCUT2D eigenvalue weighted by Crippen LogP contribution is 2.34. The Morgan fingerprint density at radius 1 is 1.30 bits per heavy atom. The van der Waals surface area contributed by atoms with Crippen LogP contribution in [0.4, 0.5) is 12.9 Å². The van der Waals surface area contributed by atoms with Gasteiger partial charge in [-0.1, -0.05) is 24.7 Å². The molecule has 0 aromatic heterocycles. The van der Waals surface area contributed by atoms with Gasteiger partial charge in [0, 0.05) is 0 Å². The number of hydrogen-bond donors (Lipinski definition) is 0. The SMILES string of the molecule is F[B-](F)(F)C1C=CCCC1. The van der Waals surface area contributed by atoms with Gasteiger partial charge in [-0.2, -0.15) is 0 Å². The van der Waals surface area contributed by atoms with Crippen molar-refractivity contribution in [2.24, 2.45) is 0 Å². The fraction of sp³-hybridized carbons (Fsp3) is 0.667. The molecule has 0 aliphatic heterocycles. The Bertz CT molecular complexity index is 138. The first kappa shape index (κ1) is 7.70. The molecule has 1 aliphatic carbocycles. The lowest BCUT2D eigenvalue weighted by Crippen LogP contribution is -2.23. The Morgan fingerprint density at radius 2 is 2.00 bits per heavy atom. The lowest BCUT2D eigenvalue weighted by Gasteiger charge is -2.25. The topological polar surface area (TPSA) is 0 Å². The van der Waals surface area contributed by atoms with Crippen LogP contribution in [0.2, 0.25) is 5.82 Å². The Labute approximate surface area is 58.2 Å². The largest absolute Gasteiger partial charge is 0.485 e. The van der Waals surface area contributed by atoms with Gasteiger partial charge in [-0.05, 0) is 6.42 Å². The molecule has 0 aromatic carbocycles. The van der Waals surface area contributed by atoms with E-state index in [1.54, 1.807) is 6.08 Å². The van der Waals surface area contributed by atoms with Crippen molar-refractivity contribution in [3.05, 3.63) is 12.2 Å². The number of halogens is 3. The van der Waals surface area contributed by atoms with Gasteiger partial charge in [-0.3, -0.25) is 0 Å². The summed E-state index contributed by atoms with van der Waals surface area (Å²) in [4.78, 5) is 0. The van der Waals surface area contributed by atoms with Crippen LogP contribution in [0.25, 0.3) is 0 Å². The maximum Gasteiger partial charge on any atom is 0.485 e. The van der Waals surface area contributed by atoms with Crippen LogP contribution in [0.3, 0.4) is 0 Å². The van der Waals surface area contributed by atoms with Gasteiger partial charge in [-0.15, -0.1) is 6.08 Å². The summed E-state index contributed by atoms with van der Waals surface area (Å²) >= 11 is 0. The van der Waals surface area contributed by atoms with E-state index in [1.165, 1.54) is 6.08 Å². The number of allylic oxidation sites excluding steroid dienone is 2. The van der Waals surface area contributed by atoms with E-state index in [0.29, 0.717) is 12.8 Å². The van der Waals surface area contributed by atoms with Gasteiger partial charge in [0.1, 0.15) is 0 Å². The average Bonchev–Trinajstić information content (AvgIpc) is 1.88. The highest BCUT2D eigenvalue weighted by atomic mass is 19.4. The molecule has 0 spiro atoms. The molecule has 0 heterocycles. The minimum Gasteiger partial charge on any atom is -0.449 e. The Hall–Kier alpha value is -0.405. The molecule has 0 radical (unpaired) electrons. The molecule has 0 amide bonds. The van der Waals surface area contributed by atoms with Crippen molar-refractivity contribution >= 4 is 6.98 Å². The van der Waals surface area contributed by atoms with Crippen LogP contribution < -0.4 is 0 Å². The Morgan fingerprint density at radius 3 is 2.30 bits per heavy atom. The molecule has 0 saturated carbocycles. The third kappa shape index (κ3) is 1.79. The zero-order chi connectivity index (χ0) is 7.61. The van der Waals surface area contributed by atoms with E-state index in [-0.39, 0.29) is 0 Å². The summed E-state index contributed by atoms with van der Waals surface area (Å²) < 4.78 is 35.9. The number of rotatable bonds is 1. The third-order valence-electron chi connectivity index (χ3n) is 1.78. The smallest absolute Gasteiger partial charge is 0.449 e. The van der Waals surface area contributed by atoms with Crippen molar-refractivity contribution in [3.8, 4) is 0 Å². The molecule has 0 nitrogen and oxygen atoms in total. The van der Waals surface area contributed by atoms with E-state index in [2.05, 4.69) is 0 Å². The van der Waals surface area contributed by atoms with Crippen molar-refractivity contribution in [2.45, 2.75) is 25.1 Å². The molecule has 1 rings (SSSR count). The molecule has 1 aliphatic rings. The van der Waals surface area contributed by atoms with Crippen LogP contribution in [-0.4, -0.2) is 6.98 Å². The maximum absolute atomic E-state index is 12.0. The summed E-state index contributed by atoms with van der Waals surface area (Å²) in [6.45, 7) is -4.61. The van der Waals surface area contributed by atoms with Crippen LogP contribution in [0.15, 0.2) is 12.2 Å². The summed E-state index contributed by atoms with van der Waals surface area (Å²) in [7, 11) is 0. The number of hydrogen-bond acceptors (Lipinski definition) is 0. The first-order chi connectivity index (χ1) is 4.61. The minimum absolute atomic E-state index is 0.292. The Balaban J connectivity index is 2.55. The lowest BCUT2D eigenvalue weighted by molar-refractivity contribution is 0.436. The zero-order valence-electron chi connectivity index (χ0n) is 5.56. The van der Waals surface area contributed by atoms with Crippen LogP contribution >= 0.6 is 0 Å². The summed E-state index contributed by atoms with van der Waals surface area (Å²) in [5.74, 6) is -1.12. The van der Waals surface area contributed by atoms with Crippen molar-refractivity contribution in [3.63, 3.8) is 0 Å². The van der Waals surface area contributed by atoms with E-state index >= 15 is 0 Å². The maximum atomic E-state index is 12.0. The fourth-order valence-electron chi connectivity index (χ4n) is 1.15. The highest BCUT2D eigenvalue weighted by molar-refractivity contribution is 6.60. The standard InChI is InChI=1S/C6H9BF3/c8-7(9,10)6-4-2-1-3-5-6/h2,4,6H,1,3,5H2/q-1. The van der Waals surface area contributed by atoms with E-state index < -0.39 is 12.8 Å². The molecule has 1 atom stereocenters. The molecule has 0 N–H and O–H groups in total. The van der Waals surface area contributed by atoms with Crippen molar-refractivity contribution in [1.82, 2.24) is 0 Å². The van der Waals surface area contributed by atoms with Crippen LogP contribution in [0.1, 0.15) is 19.3 Å². The van der Waals surface area contributed by atoms with Gasteiger partial charge in [0.2, 0.25) is 0 Å². The minimum atomic E-state index is -4.61. The molecular weight excluding hydrogens is 140 g/mol. The molecule has 0 aromatic rings. The lowest BCUT2D eigenvalue weighted by atomic mass is 9.68. The first-order valence-electron chi connectivity index (χ1n) is 3.47. The van der Waals surface area contributed by atoms with Gasteiger partial charge in [0.25, 0.3) is 0 Å². The molecular formula is C6H9BF3-. The molecule has 1 unspecified atom stereocenters. The molecule has 0 saturated heterocycles. The Kier molecular flexibility index (Phi) is 2.07. The van der Waals surface area contributed by atoms with E-state index in [1.807, 2.05) is 0 Å². The van der Waals surface area contributed by atoms with Gasteiger partial charge in [-0.25, -0.2) is 0 Å². The molecule has 58 valence electrons. The van der Waals surface area contributed by atoms with E-state index in [0.717, 1.165) is 6.42 Å². The van der Waals surface area contributed by atoms with Gasteiger partial charge in [0.15, 0.2) is 0 Å². The monoisotopic (exact) mass is 149 g/mol. The molecule has 0 fully saturated rings. The zero-order valence-corrected chi connectivity index (χ0v) is 5.56. The summed E-state index contributed by atoms with van der Waals surface area (Å²) in [6.07, 6.45) is 4.71. The summed E-state index contributed by atoms with van der Waals surface area (Å²) in [6, 6.07) is 0. The van der Waals surface area contributed by atoms with Crippen molar-refractivity contribution < 1.29 is 12.9 Å². The molecule has 0 bridgehead atoms. The van der Waals surface area contributed by atoms with Gasteiger partial charge in [0.05, 0.1) is 0 Å². The third-order valence-corrected chi connectivity index (χ3v) is 1.78. The summed E-state index contributed by atoms with van der Waals surface area (Å²) in [5.41, 5.74) is 0.